The second-order valence-electron chi connectivity index (χ2n) is 4.59. The van der Waals surface area contributed by atoms with Gasteiger partial charge in [-0.2, -0.15) is 0 Å². The molecule has 1 fully saturated rings. The molecule has 3 nitrogen and oxygen atoms in total. The van der Waals surface area contributed by atoms with Crippen LogP contribution in [0.1, 0.15) is 16.7 Å². The van der Waals surface area contributed by atoms with Crippen LogP contribution in [0.3, 0.4) is 0 Å². The van der Waals surface area contributed by atoms with Crippen LogP contribution in [0.15, 0.2) is 12.1 Å². The summed E-state index contributed by atoms with van der Waals surface area (Å²) in [6.07, 6.45) is 0. The van der Waals surface area contributed by atoms with Gasteiger partial charge in [0.15, 0.2) is 0 Å². The highest BCUT2D eigenvalue weighted by Gasteiger charge is 2.12. The monoisotopic (exact) mass is 220 g/mol. The molecule has 1 aliphatic rings. The fourth-order valence-corrected chi connectivity index (χ4v) is 2.10. The van der Waals surface area contributed by atoms with Crippen molar-refractivity contribution in [3.05, 3.63) is 28.8 Å². The molecule has 0 saturated carbocycles. The summed E-state index contributed by atoms with van der Waals surface area (Å²) in [7, 11) is 0. The van der Waals surface area contributed by atoms with Crippen molar-refractivity contribution in [1.82, 2.24) is 10.2 Å². The lowest BCUT2D eigenvalue weighted by Gasteiger charge is -2.27. The number of rotatable bonds is 2. The zero-order valence-corrected chi connectivity index (χ0v) is 10.1. The van der Waals surface area contributed by atoms with E-state index in [1.54, 1.807) is 0 Å². The first-order valence-corrected chi connectivity index (χ1v) is 5.89. The zero-order valence-electron chi connectivity index (χ0n) is 10.1. The van der Waals surface area contributed by atoms with E-state index in [4.69, 9.17) is 0 Å². The van der Waals surface area contributed by atoms with Crippen LogP contribution < -0.4 is 5.32 Å². The minimum absolute atomic E-state index is 0.432. The predicted octanol–water partition coefficient (Wildman–Crippen LogP) is 1.41. The van der Waals surface area contributed by atoms with Crippen LogP contribution in [0, 0.1) is 13.8 Å². The summed E-state index contributed by atoms with van der Waals surface area (Å²) >= 11 is 0. The van der Waals surface area contributed by atoms with Crippen LogP contribution in [0.5, 0.6) is 5.75 Å². The SMILES string of the molecule is Cc1cc(O)c(CN2CCNCC2)cc1C. The van der Waals surface area contributed by atoms with Crippen LogP contribution in [-0.2, 0) is 6.54 Å². The van der Waals surface area contributed by atoms with Gasteiger partial charge in [-0.05, 0) is 31.0 Å². The van der Waals surface area contributed by atoms with Gasteiger partial charge in [-0.1, -0.05) is 6.07 Å². The third kappa shape index (κ3) is 2.54. The summed E-state index contributed by atoms with van der Waals surface area (Å²) in [4.78, 5) is 2.38. The molecule has 0 radical (unpaired) electrons. The zero-order chi connectivity index (χ0) is 11.5. The number of phenolic OH excluding ortho intramolecular Hbond substituents is 1. The van der Waals surface area contributed by atoms with Crippen molar-refractivity contribution in [2.45, 2.75) is 20.4 Å². The second-order valence-corrected chi connectivity index (χ2v) is 4.59. The molecule has 2 rings (SSSR count). The molecule has 1 heterocycles. The molecule has 0 unspecified atom stereocenters. The molecule has 1 aromatic carbocycles. The molecule has 1 aromatic rings. The average Bonchev–Trinajstić information content (AvgIpc) is 2.27. The van der Waals surface area contributed by atoms with Gasteiger partial charge in [0.1, 0.15) is 5.75 Å². The highest BCUT2D eigenvalue weighted by Crippen LogP contribution is 2.23. The van der Waals surface area contributed by atoms with E-state index in [9.17, 15) is 5.11 Å². The van der Waals surface area contributed by atoms with E-state index in [1.165, 1.54) is 5.56 Å². The number of hydrogen-bond acceptors (Lipinski definition) is 3. The van der Waals surface area contributed by atoms with E-state index >= 15 is 0 Å². The van der Waals surface area contributed by atoms with Crippen LogP contribution in [-0.4, -0.2) is 36.2 Å². The number of phenols is 1. The standard InChI is InChI=1S/C13H20N2O/c1-10-7-12(13(16)8-11(10)2)9-15-5-3-14-4-6-15/h7-8,14,16H,3-6,9H2,1-2H3. The van der Waals surface area contributed by atoms with Crippen LogP contribution in [0.4, 0.5) is 0 Å². The second kappa shape index (κ2) is 4.85. The van der Waals surface area contributed by atoms with Crippen molar-refractivity contribution in [2.24, 2.45) is 0 Å². The first kappa shape index (κ1) is 11.4. The Morgan fingerprint density at radius 1 is 1.19 bits per heavy atom. The van der Waals surface area contributed by atoms with E-state index in [0.29, 0.717) is 5.75 Å². The van der Waals surface area contributed by atoms with Gasteiger partial charge >= 0.3 is 0 Å². The Labute approximate surface area is 97.1 Å². The molecule has 2 N–H and O–H groups in total. The molecule has 0 bridgehead atoms. The van der Waals surface area contributed by atoms with E-state index in [0.717, 1.165) is 43.9 Å². The average molecular weight is 220 g/mol. The normalized spacial score (nSPS) is 17.6. The van der Waals surface area contributed by atoms with E-state index < -0.39 is 0 Å². The summed E-state index contributed by atoms with van der Waals surface area (Å²) in [5.41, 5.74) is 3.45. The number of benzene rings is 1. The van der Waals surface area contributed by atoms with Gasteiger partial charge in [0, 0.05) is 38.3 Å². The van der Waals surface area contributed by atoms with Crippen LogP contribution >= 0.6 is 0 Å². The molecule has 0 aliphatic carbocycles. The van der Waals surface area contributed by atoms with Crippen molar-refractivity contribution in [1.29, 1.82) is 0 Å². The molecular formula is C13H20N2O. The smallest absolute Gasteiger partial charge is 0.120 e. The molecule has 0 spiro atoms. The van der Waals surface area contributed by atoms with Gasteiger partial charge in [0.25, 0.3) is 0 Å². The molecule has 1 saturated heterocycles. The van der Waals surface area contributed by atoms with Crippen LogP contribution in [0.2, 0.25) is 0 Å². The summed E-state index contributed by atoms with van der Waals surface area (Å²) < 4.78 is 0. The summed E-state index contributed by atoms with van der Waals surface area (Å²) in [6, 6.07) is 3.97. The summed E-state index contributed by atoms with van der Waals surface area (Å²) in [6.45, 7) is 9.20. The molecule has 16 heavy (non-hydrogen) atoms. The minimum Gasteiger partial charge on any atom is -0.508 e. The topological polar surface area (TPSA) is 35.5 Å². The number of hydrogen-bond donors (Lipinski definition) is 2. The Hall–Kier alpha value is -1.06. The van der Waals surface area contributed by atoms with Crippen molar-refractivity contribution in [3.8, 4) is 5.75 Å². The fraction of sp³-hybridized carbons (Fsp3) is 0.538. The Morgan fingerprint density at radius 2 is 1.81 bits per heavy atom. The third-order valence-corrected chi connectivity index (χ3v) is 3.30. The molecule has 1 aliphatic heterocycles. The maximum absolute atomic E-state index is 9.90. The largest absolute Gasteiger partial charge is 0.508 e. The number of aryl methyl sites for hydroxylation is 2. The molecule has 0 aromatic heterocycles. The summed E-state index contributed by atoms with van der Waals surface area (Å²) in [5, 5.41) is 13.2. The molecule has 88 valence electrons. The van der Waals surface area contributed by atoms with E-state index in [-0.39, 0.29) is 0 Å². The van der Waals surface area contributed by atoms with Gasteiger partial charge in [-0.3, -0.25) is 4.90 Å². The van der Waals surface area contributed by atoms with E-state index in [2.05, 4.69) is 23.2 Å². The lowest BCUT2D eigenvalue weighted by atomic mass is 10.0. The molecule has 0 atom stereocenters. The van der Waals surface area contributed by atoms with E-state index in [1.807, 2.05) is 13.0 Å². The first-order chi connectivity index (χ1) is 7.66. The highest BCUT2D eigenvalue weighted by molar-refractivity contribution is 5.40. The van der Waals surface area contributed by atoms with Gasteiger partial charge < -0.3 is 10.4 Å². The predicted molar refractivity (Wildman–Crippen MR) is 65.7 cm³/mol. The molecule has 3 heteroatoms. The van der Waals surface area contributed by atoms with Crippen molar-refractivity contribution in [3.63, 3.8) is 0 Å². The fourth-order valence-electron chi connectivity index (χ4n) is 2.10. The number of nitrogens with zero attached hydrogens (tertiary/aromatic N) is 1. The van der Waals surface area contributed by atoms with Gasteiger partial charge in [0.2, 0.25) is 0 Å². The maximum atomic E-state index is 9.90. The Balaban J connectivity index is 2.11. The number of piperazine rings is 1. The highest BCUT2D eigenvalue weighted by atomic mass is 16.3. The minimum atomic E-state index is 0.432. The Morgan fingerprint density at radius 3 is 2.50 bits per heavy atom. The maximum Gasteiger partial charge on any atom is 0.120 e. The molecule has 0 amide bonds. The lowest BCUT2D eigenvalue weighted by Crippen LogP contribution is -2.42. The van der Waals surface area contributed by atoms with Crippen LogP contribution in [0.25, 0.3) is 0 Å². The Kier molecular flexibility index (Phi) is 3.46. The number of aromatic hydroxyl groups is 1. The quantitative estimate of drug-likeness (QED) is 0.791. The first-order valence-electron chi connectivity index (χ1n) is 5.89. The Bertz CT molecular complexity index is 370. The van der Waals surface area contributed by atoms with Crippen molar-refractivity contribution < 1.29 is 5.11 Å². The lowest BCUT2D eigenvalue weighted by molar-refractivity contribution is 0.230. The van der Waals surface area contributed by atoms with Gasteiger partial charge in [0.05, 0.1) is 0 Å². The van der Waals surface area contributed by atoms with Crippen molar-refractivity contribution in [2.75, 3.05) is 26.2 Å². The van der Waals surface area contributed by atoms with Gasteiger partial charge in [-0.15, -0.1) is 0 Å². The summed E-state index contributed by atoms with van der Waals surface area (Å²) in [5.74, 6) is 0.432. The van der Waals surface area contributed by atoms with Gasteiger partial charge in [-0.25, -0.2) is 0 Å². The molecular weight excluding hydrogens is 200 g/mol. The van der Waals surface area contributed by atoms with Crippen molar-refractivity contribution >= 4 is 0 Å². The third-order valence-electron chi connectivity index (χ3n) is 3.30. The number of nitrogens with one attached hydrogen (secondary N) is 1.